The van der Waals surface area contributed by atoms with Gasteiger partial charge in [0.2, 0.25) is 0 Å². The van der Waals surface area contributed by atoms with Gasteiger partial charge in [0.1, 0.15) is 5.82 Å². The van der Waals surface area contributed by atoms with Crippen molar-refractivity contribution in [1.82, 2.24) is 0 Å². The van der Waals surface area contributed by atoms with Crippen molar-refractivity contribution in [1.29, 1.82) is 0 Å². The van der Waals surface area contributed by atoms with Gasteiger partial charge in [-0.05, 0) is 18.6 Å². The number of carboxylic acid groups (broad SMARTS) is 1. The molecule has 4 heteroatoms. The number of carbonyl (C=O) groups is 2. The minimum absolute atomic E-state index is 0.219. The maximum absolute atomic E-state index is 13.2. The van der Waals surface area contributed by atoms with Crippen LogP contribution >= 0.6 is 0 Å². The first-order valence-electron chi connectivity index (χ1n) is 4.94. The van der Waals surface area contributed by atoms with Crippen molar-refractivity contribution in [2.45, 2.75) is 20.3 Å². The SMILES string of the molecule is Cc1ccc(C(=O)C(C)CC(=O)O)cc1F. The van der Waals surface area contributed by atoms with Gasteiger partial charge in [-0.25, -0.2) is 4.39 Å². The summed E-state index contributed by atoms with van der Waals surface area (Å²) in [7, 11) is 0. The second kappa shape index (κ2) is 4.88. The van der Waals surface area contributed by atoms with E-state index in [1.807, 2.05) is 0 Å². The molecule has 1 aromatic carbocycles. The van der Waals surface area contributed by atoms with Crippen molar-refractivity contribution >= 4 is 11.8 Å². The molecule has 0 heterocycles. The predicted octanol–water partition coefficient (Wildman–Crippen LogP) is 2.43. The zero-order valence-corrected chi connectivity index (χ0v) is 9.16. The van der Waals surface area contributed by atoms with Crippen LogP contribution in [0.3, 0.4) is 0 Å². The van der Waals surface area contributed by atoms with Gasteiger partial charge >= 0.3 is 5.97 Å². The van der Waals surface area contributed by atoms with Crippen LogP contribution in [0.25, 0.3) is 0 Å². The van der Waals surface area contributed by atoms with Crippen LogP contribution in [0.2, 0.25) is 0 Å². The average Bonchev–Trinajstić information content (AvgIpc) is 2.20. The van der Waals surface area contributed by atoms with E-state index in [1.165, 1.54) is 19.1 Å². The molecule has 1 aromatic rings. The quantitative estimate of drug-likeness (QED) is 0.799. The van der Waals surface area contributed by atoms with Gasteiger partial charge < -0.3 is 5.11 Å². The van der Waals surface area contributed by atoms with E-state index in [9.17, 15) is 14.0 Å². The third-order valence-electron chi connectivity index (χ3n) is 2.38. The minimum atomic E-state index is -1.03. The molecule has 0 saturated heterocycles. The number of aliphatic carboxylic acids is 1. The summed E-state index contributed by atoms with van der Waals surface area (Å²) in [6.07, 6.45) is -0.242. The Balaban J connectivity index is 2.88. The highest BCUT2D eigenvalue weighted by molar-refractivity contribution is 5.99. The molecule has 0 aliphatic carbocycles. The van der Waals surface area contributed by atoms with Crippen molar-refractivity contribution in [3.63, 3.8) is 0 Å². The molecule has 0 fully saturated rings. The summed E-state index contributed by atoms with van der Waals surface area (Å²) in [5.41, 5.74) is 0.680. The van der Waals surface area contributed by atoms with E-state index in [0.717, 1.165) is 6.07 Å². The lowest BCUT2D eigenvalue weighted by molar-refractivity contribution is -0.137. The molecule has 1 atom stereocenters. The predicted molar refractivity (Wildman–Crippen MR) is 56.9 cm³/mol. The Kier molecular flexibility index (Phi) is 3.77. The lowest BCUT2D eigenvalue weighted by atomic mass is 9.96. The first-order valence-corrected chi connectivity index (χ1v) is 4.94. The number of rotatable bonds is 4. The molecule has 0 spiro atoms. The monoisotopic (exact) mass is 224 g/mol. The van der Waals surface area contributed by atoms with Crippen LogP contribution < -0.4 is 0 Å². The van der Waals surface area contributed by atoms with Crippen molar-refractivity contribution < 1.29 is 19.1 Å². The standard InChI is InChI=1S/C12H13FO3/c1-7-3-4-9(6-10(7)13)12(16)8(2)5-11(14)15/h3-4,6,8H,5H2,1-2H3,(H,14,15). The molecule has 1 rings (SSSR count). The van der Waals surface area contributed by atoms with E-state index in [4.69, 9.17) is 5.11 Å². The van der Waals surface area contributed by atoms with Gasteiger partial charge in [0, 0.05) is 11.5 Å². The summed E-state index contributed by atoms with van der Waals surface area (Å²) in [6.45, 7) is 3.12. The Bertz CT molecular complexity index is 426. The fourth-order valence-electron chi connectivity index (χ4n) is 1.39. The Morgan fingerprint density at radius 1 is 1.44 bits per heavy atom. The zero-order valence-electron chi connectivity index (χ0n) is 9.16. The highest BCUT2D eigenvalue weighted by atomic mass is 19.1. The number of carbonyl (C=O) groups excluding carboxylic acids is 1. The van der Waals surface area contributed by atoms with Crippen LogP contribution in [0.15, 0.2) is 18.2 Å². The van der Waals surface area contributed by atoms with Crippen molar-refractivity contribution in [2.24, 2.45) is 5.92 Å². The zero-order chi connectivity index (χ0) is 12.3. The molecule has 86 valence electrons. The molecular formula is C12H13FO3. The fourth-order valence-corrected chi connectivity index (χ4v) is 1.39. The highest BCUT2D eigenvalue weighted by Gasteiger charge is 2.18. The highest BCUT2D eigenvalue weighted by Crippen LogP contribution is 2.15. The molecular weight excluding hydrogens is 211 g/mol. The van der Waals surface area contributed by atoms with Crippen molar-refractivity contribution in [3.8, 4) is 0 Å². The molecule has 0 amide bonds. The fraction of sp³-hybridized carbons (Fsp3) is 0.333. The summed E-state index contributed by atoms with van der Waals surface area (Å²) in [5, 5.41) is 8.55. The topological polar surface area (TPSA) is 54.4 Å². The molecule has 0 radical (unpaired) electrons. The third-order valence-corrected chi connectivity index (χ3v) is 2.38. The first-order chi connectivity index (χ1) is 7.41. The summed E-state index contributed by atoms with van der Waals surface area (Å²) >= 11 is 0. The number of Topliss-reactive ketones (excluding diaryl/α,β-unsaturated/α-hetero) is 1. The van der Waals surface area contributed by atoms with Gasteiger partial charge in [0.25, 0.3) is 0 Å². The average molecular weight is 224 g/mol. The maximum atomic E-state index is 13.2. The van der Waals surface area contributed by atoms with Gasteiger partial charge in [-0.1, -0.05) is 19.1 Å². The maximum Gasteiger partial charge on any atom is 0.304 e. The number of hydrogen-bond donors (Lipinski definition) is 1. The third kappa shape index (κ3) is 2.89. The first kappa shape index (κ1) is 12.4. The Hall–Kier alpha value is -1.71. The molecule has 0 aliphatic rings. The van der Waals surface area contributed by atoms with E-state index >= 15 is 0 Å². The van der Waals surface area contributed by atoms with Crippen LogP contribution in [0.4, 0.5) is 4.39 Å². The van der Waals surface area contributed by atoms with Gasteiger partial charge in [0.15, 0.2) is 5.78 Å². The molecule has 0 aromatic heterocycles. The summed E-state index contributed by atoms with van der Waals surface area (Å²) < 4.78 is 13.2. The molecule has 0 aliphatic heterocycles. The second-order valence-electron chi connectivity index (χ2n) is 3.83. The van der Waals surface area contributed by atoms with Crippen molar-refractivity contribution in [2.75, 3.05) is 0 Å². The lowest BCUT2D eigenvalue weighted by Crippen LogP contribution is -2.15. The minimum Gasteiger partial charge on any atom is -0.481 e. The van der Waals surface area contributed by atoms with Gasteiger partial charge in [-0.15, -0.1) is 0 Å². The van der Waals surface area contributed by atoms with Gasteiger partial charge in [0.05, 0.1) is 6.42 Å². The van der Waals surface area contributed by atoms with E-state index in [-0.39, 0.29) is 17.8 Å². The molecule has 1 unspecified atom stereocenters. The summed E-state index contributed by atoms with van der Waals surface area (Å²) in [5.74, 6) is -2.47. The second-order valence-corrected chi connectivity index (χ2v) is 3.83. The van der Waals surface area contributed by atoms with Crippen LogP contribution in [0, 0.1) is 18.7 Å². The lowest BCUT2D eigenvalue weighted by Gasteiger charge is -2.08. The molecule has 3 nitrogen and oxygen atoms in total. The molecule has 0 bridgehead atoms. The number of ketones is 1. The number of benzene rings is 1. The van der Waals surface area contributed by atoms with Crippen LogP contribution in [-0.2, 0) is 4.79 Å². The van der Waals surface area contributed by atoms with Crippen LogP contribution in [0.5, 0.6) is 0 Å². The van der Waals surface area contributed by atoms with Gasteiger partial charge in [-0.2, -0.15) is 0 Å². The van der Waals surface area contributed by atoms with Crippen LogP contribution in [0.1, 0.15) is 29.3 Å². The number of carboxylic acids is 1. The number of halogens is 1. The number of hydrogen-bond acceptors (Lipinski definition) is 2. The normalized spacial score (nSPS) is 12.2. The summed E-state index contributed by atoms with van der Waals surface area (Å²) in [6, 6.07) is 4.17. The van der Waals surface area contributed by atoms with Crippen molar-refractivity contribution in [3.05, 3.63) is 35.1 Å². The molecule has 1 N–H and O–H groups in total. The molecule has 0 saturated carbocycles. The van der Waals surface area contributed by atoms with E-state index in [1.54, 1.807) is 6.92 Å². The smallest absolute Gasteiger partial charge is 0.304 e. The van der Waals surface area contributed by atoms with E-state index in [2.05, 4.69) is 0 Å². The Morgan fingerprint density at radius 2 is 2.06 bits per heavy atom. The van der Waals surface area contributed by atoms with Gasteiger partial charge in [-0.3, -0.25) is 9.59 Å². The largest absolute Gasteiger partial charge is 0.481 e. The number of aryl methyl sites for hydroxylation is 1. The van der Waals surface area contributed by atoms with Crippen LogP contribution in [-0.4, -0.2) is 16.9 Å². The van der Waals surface area contributed by atoms with E-state index < -0.39 is 17.7 Å². The molecule has 16 heavy (non-hydrogen) atoms. The Labute approximate surface area is 92.9 Å². The van der Waals surface area contributed by atoms with E-state index in [0.29, 0.717) is 5.56 Å². The Morgan fingerprint density at radius 3 is 2.56 bits per heavy atom. The summed E-state index contributed by atoms with van der Waals surface area (Å²) in [4.78, 5) is 22.2.